The van der Waals surface area contributed by atoms with Crippen molar-refractivity contribution < 1.29 is 28.6 Å². The van der Waals surface area contributed by atoms with Gasteiger partial charge in [-0.25, -0.2) is 0 Å². The highest BCUT2D eigenvalue weighted by Gasteiger charge is 2.31. The fourth-order valence-electron chi connectivity index (χ4n) is 7.68. The van der Waals surface area contributed by atoms with Crippen LogP contribution in [0.5, 0.6) is 0 Å². The first kappa shape index (κ1) is 47.4. The summed E-state index contributed by atoms with van der Waals surface area (Å²) in [5, 5.41) is 0. The Bertz CT molecular complexity index is 852. The predicted octanol–water partition coefficient (Wildman–Crippen LogP) is 13.0. The molecule has 0 heterocycles. The van der Waals surface area contributed by atoms with Crippen molar-refractivity contribution >= 4 is 17.9 Å². The lowest BCUT2D eigenvalue weighted by Gasteiger charge is -2.36. The van der Waals surface area contributed by atoms with Gasteiger partial charge < -0.3 is 14.2 Å². The highest BCUT2D eigenvalue weighted by atomic mass is 16.5. The van der Waals surface area contributed by atoms with Crippen LogP contribution >= 0.6 is 0 Å². The van der Waals surface area contributed by atoms with Gasteiger partial charge in [0.15, 0.2) is 0 Å². The van der Waals surface area contributed by atoms with E-state index in [0.717, 1.165) is 94.8 Å². The summed E-state index contributed by atoms with van der Waals surface area (Å²) in [6.07, 6.45) is 28.3. The number of esters is 3. The molecule has 0 N–H and O–H groups in total. The topological polar surface area (TPSA) is 78.9 Å². The Morgan fingerprint density at radius 3 is 1.16 bits per heavy atom. The van der Waals surface area contributed by atoms with Crippen molar-refractivity contribution in [3.05, 3.63) is 0 Å². The van der Waals surface area contributed by atoms with Gasteiger partial charge in [-0.15, -0.1) is 0 Å². The zero-order valence-corrected chi connectivity index (χ0v) is 34.6. The minimum absolute atomic E-state index is 0.0738. The standard InChI is InChI=1S/C45H84O6/c1-37(2)22-16-10-7-13-19-33-49-43(46)30-26-40-25-27-41(28-31-44(47)50-34-20-14-8-11-17-23-38(3)4)42(36-40)29-32-45(48)51-35-21-15-9-12-18-24-39(5)6/h37-42H,7-36H2,1-6H3. The lowest BCUT2D eigenvalue weighted by Crippen LogP contribution is -2.27. The molecule has 51 heavy (non-hydrogen) atoms. The minimum Gasteiger partial charge on any atom is -0.466 e. The number of carbonyl (C=O) groups excluding carboxylic acids is 3. The smallest absolute Gasteiger partial charge is 0.305 e. The summed E-state index contributed by atoms with van der Waals surface area (Å²) in [6.45, 7) is 15.2. The normalized spacial score (nSPS) is 17.7. The molecule has 6 heteroatoms. The van der Waals surface area contributed by atoms with Crippen molar-refractivity contribution in [1.29, 1.82) is 0 Å². The maximum atomic E-state index is 12.7. The van der Waals surface area contributed by atoms with Crippen molar-refractivity contribution in [2.45, 2.75) is 215 Å². The molecule has 1 saturated carbocycles. The van der Waals surface area contributed by atoms with Crippen molar-refractivity contribution in [2.75, 3.05) is 19.8 Å². The molecule has 6 nitrogen and oxygen atoms in total. The van der Waals surface area contributed by atoms with Gasteiger partial charge in [0.1, 0.15) is 0 Å². The quantitative estimate of drug-likeness (QED) is 0.0381. The van der Waals surface area contributed by atoms with Crippen LogP contribution in [0.2, 0.25) is 0 Å². The van der Waals surface area contributed by atoms with E-state index in [1.54, 1.807) is 0 Å². The second kappa shape index (κ2) is 31.9. The van der Waals surface area contributed by atoms with E-state index in [9.17, 15) is 14.4 Å². The molecule has 3 atom stereocenters. The highest BCUT2D eigenvalue weighted by molar-refractivity contribution is 5.70. The van der Waals surface area contributed by atoms with E-state index in [1.807, 2.05) is 0 Å². The molecule has 0 radical (unpaired) electrons. The molecule has 0 aromatic heterocycles. The van der Waals surface area contributed by atoms with Gasteiger partial charge in [-0.1, -0.05) is 144 Å². The second-order valence-corrected chi connectivity index (χ2v) is 17.3. The number of rotatable bonds is 33. The zero-order chi connectivity index (χ0) is 37.5. The summed E-state index contributed by atoms with van der Waals surface area (Å²) in [6, 6.07) is 0. The Morgan fingerprint density at radius 2 is 0.765 bits per heavy atom. The molecule has 1 fully saturated rings. The third-order valence-electron chi connectivity index (χ3n) is 11.0. The lowest BCUT2D eigenvalue weighted by atomic mass is 9.69. The Kier molecular flexibility index (Phi) is 29.7. The van der Waals surface area contributed by atoms with E-state index in [4.69, 9.17) is 14.2 Å². The molecule has 0 aliphatic heterocycles. The Hall–Kier alpha value is -1.59. The Balaban J connectivity index is 2.43. The number of carbonyl (C=O) groups is 3. The molecule has 0 saturated heterocycles. The van der Waals surface area contributed by atoms with Gasteiger partial charge in [-0.2, -0.15) is 0 Å². The van der Waals surface area contributed by atoms with Gasteiger partial charge in [0.05, 0.1) is 19.8 Å². The molecule has 300 valence electrons. The average molecular weight is 721 g/mol. The average Bonchev–Trinajstić information content (AvgIpc) is 3.08. The minimum atomic E-state index is -0.0946. The third-order valence-corrected chi connectivity index (χ3v) is 11.0. The molecule has 3 unspecified atom stereocenters. The van der Waals surface area contributed by atoms with Gasteiger partial charge in [0.2, 0.25) is 0 Å². The van der Waals surface area contributed by atoms with Crippen LogP contribution in [0.1, 0.15) is 215 Å². The molecule has 0 aromatic rings. The van der Waals surface area contributed by atoms with E-state index >= 15 is 0 Å². The van der Waals surface area contributed by atoms with E-state index in [1.165, 1.54) is 77.0 Å². The SMILES string of the molecule is CC(C)CCCCCCCOC(=O)CCC1CCC(CCC(=O)OCCCCCCCC(C)C)C(CCC(=O)OCCCCCCCC(C)C)C1. The largest absolute Gasteiger partial charge is 0.466 e. The van der Waals surface area contributed by atoms with Gasteiger partial charge in [-0.3, -0.25) is 14.4 Å². The van der Waals surface area contributed by atoms with Crippen LogP contribution in [0.25, 0.3) is 0 Å². The van der Waals surface area contributed by atoms with Crippen LogP contribution in [0, 0.1) is 35.5 Å². The Labute approximate surface area is 316 Å². The fraction of sp³-hybridized carbons (Fsp3) is 0.933. The van der Waals surface area contributed by atoms with Gasteiger partial charge in [0, 0.05) is 19.3 Å². The third kappa shape index (κ3) is 29.5. The van der Waals surface area contributed by atoms with Crippen molar-refractivity contribution in [2.24, 2.45) is 35.5 Å². The first-order valence-electron chi connectivity index (χ1n) is 22.0. The zero-order valence-electron chi connectivity index (χ0n) is 34.6. The van der Waals surface area contributed by atoms with Crippen LogP contribution in [-0.2, 0) is 28.6 Å². The van der Waals surface area contributed by atoms with Crippen molar-refractivity contribution in [1.82, 2.24) is 0 Å². The summed E-state index contributed by atoms with van der Waals surface area (Å²) in [5.74, 6) is 3.29. The number of unbranched alkanes of at least 4 members (excludes halogenated alkanes) is 12. The molecule has 1 aliphatic carbocycles. The number of ether oxygens (including phenoxy) is 3. The molecule has 1 rings (SSSR count). The monoisotopic (exact) mass is 721 g/mol. The molecule has 0 aromatic carbocycles. The van der Waals surface area contributed by atoms with E-state index in [-0.39, 0.29) is 17.9 Å². The van der Waals surface area contributed by atoms with Crippen molar-refractivity contribution in [3.63, 3.8) is 0 Å². The molecule has 0 amide bonds. The summed E-state index contributed by atoms with van der Waals surface area (Å²) in [4.78, 5) is 37.8. The summed E-state index contributed by atoms with van der Waals surface area (Å²) in [7, 11) is 0. The van der Waals surface area contributed by atoms with E-state index < -0.39 is 0 Å². The van der Waals surface area contributed by atoms with Crippen LogP contribution in [0.15, 0.2) is 0 Å². The van der Waals surface area contributed by atoms with Gasteiger partial charge >= 0.3 is 17.9 Å². The first-order chi connectivity index (χ1) is 24.6. The highest BCUT2D eigenvalue weighted by Crippen LogP contribution is 2.41. The molecule has 0 bridgehead atoms. The van der Waals surface area contributed by atoms with Crippen LogP contribution in [0.4, 0.5) is 0 Å². The van der Waals surface area contributed by atoms with Crippen LogP contribution in [-0.4, -0.2) is 37.7 Å². The van der Waals surface area contributed by atoms with Gasteiger partial charge in [0.25, 0.3) is 0 Å². The molecule has 1 aliphatic rings. The lowest BCUT2D eigenvalue weighted by molar-refractivity contribution is -0.146. The van der Waals surface area contributed by atoms with Crippen LogP contribution in [0.3, 0.4) is 0 Å². The van der Waals surface area contributed by atoms with Gasteiger partial charge in [-0.05, 0) is 86.9 Å². The summed E-state index contributed by atoms with van der Waals surface area (Å²) in [5.41, 5.74) is 0. The molecular formula is C45H84O6. The number of hydrogen-bond donors (Lipinski definition) is 0. The molecular weight excluding hydrogens is 636 g/mol. The summed E-state index contributed by atoms with van der Waals surface area (Å²) < 4.78 is 16.8. The maximum Gasteiger partial charge on any atom is 0.305 e. The first-order valence-corrected chi connectivity index (χ1v) is 22.0. The maximum absolute atomic E-state index is 12.7. The van der Waals surface area contributed by atoms with Crippen molar-refractivity contribution in [3.8, 4) is 0 Å². The van der Waals surface area contributed by atoms with Crippen LogP contribution < -0.4 is 0 Å². The van der Waals surface area contributed by atoms with E-state index in [0.29, 0.717) is 56.8 Å². The van der Waals surface area contributed by atoms with E-state index in [2.05, 4.69) is 41.5 Å². The Morgan fingerprint density at radius 1 is 0.431 bits per heavy atom. The number of hydrogen-bond acceptors (Lipinski definition) is 6. The summed E-state index contributed by atoms with van der Waals surface area (Å²) >= 11 is 0. The molecule has 0 spiro atoms. The second-order valence-electron chi connectivity index (χ2n) is 17.3. The fourth-order valence-corrected chi connectivity index (χ4v) is 7.68. The predicted molar refractivity (Wildman–Crippen MR) is 213 cm³/mol.